The highest BCUT2D eigenvalue weighted by atomic mass is 16.3. The molecule has 0 aliphatic rings. The lowest BCUT2D eigenvalue weighted by Crippen LogP contribution is -2.45. The number of amides is 1. The first-order valence-electron chi connectivity index (χ1n) is 24.4. The second-order valence-electron chi connectivity index (χ2n) is 15.8. The Morgan fingerprint density at radius 3 is 1.10 bits per heavy atom. The van der Waals surface area contributed by atoms with E-state index in [0.29, 0.717) is 6.42 Å². The van der Waals surface area contributed by atoms with Gasteiger partial charge in [-0.05, 0) is 96.3 Å². The molecule has 0 aromatic rings. The molecule has 2 atom stereocenters. The van der Waals surface area contributed by atoms with Crippen molar-refractivity contribution in [2.45, 2.75) is 206 Å². The molecule has 0 radical (unpaired) electrons. The summed E-state index contributed by atoms with van der Waals surface area (Å²) in [4.78, 5) is 12.4. The van der Waals surface area contributed by atoms with E-state index < -0.39 is 12.1 Å². The minimum absolute atomic E-state index is 0.0868. The van der Waals surface area contributed by atoms with Crippen molar-refractivity contribution in [3.05, 3.63) is 134 Å². The average Bonchev–Trinajstić information content (AvgIpc) is 3.25. The van der Waals surface area contributed by atoms with Gasteiger partial charge in [-0.15, -0.1) is 0 Å². The van der Waals surface area contributed by atoms with Crippen LogP contribution in [0.1, 0.15) is 194 Å². The van der Waals surface area contributed by atoms with Gasteiger partial charge in [-0.3, -0.25) is 4.79 Å². The normalized spacial score (nSPS) is 14.1. The minimum atomic E-state index is -0.853. The molecule has 0 bridgehead atoms. The van der Waals surface area contributed by atoms with Crippen LogP contribution in [0, 0.1) is 0 Å². The molecule has 1 amide bonds. The Morgan fingerprint density at radius 1 is 0.417 bits per heavy atom. The van der Waals surface area contributed by atoms with E-state index in [9.17, 15) is 15.0 Å². The number of hydrogen-bond acceptors (Lipinski definition) is 3. The van der Waals surface area contributed by atoms with Crippen LogP contribution in [0.25, 0.3) is 0 Å². The first-order valence-corrected chi connectivity index (χ1v) is 24.4. The summed E-state index contributed by atoms with van der Waals surface area (Å²) >= 11 is 0. The van der Waals surface area contributed by atoms with Gasteiger partial charge in [0.25, 0.3) is 0 Å². The molecule has 0 rings (SSSR count). The molecular weight excluding hydrogens is 735 g/mol. The lowest BCUT2D eigenvalue weighted by Gasteiger charge is -2.20. The lowest BCUT2D eigenvalue weighted by molar-refractivity contribution is -0.123. The lowest BCUT2D eigenvalue weighted by atomic mass is 10.1. The summed E-state index contributed by atoms with van der Waals surface area (Å²) in [6, 6.07) is -0.638. The molecule has 0 spiro atoms. The second kappa shape index (κ2) is 49.9. The summed E-state index contributed by atoms with van der Waals surface area (Å²) in [6.07, 6.45) is 78.6. The second-order valence-corrected chi connectivity index (χ2v) is 15.8. The van der Waals surface area contributed by atoms with E-state index in [0.717, 1.165) is 103 Å². The zero-order chi connectivity index (χ0) is 43.5. The number of hydrogen-bond donors (Lipinski definition) is 3. The van der Waals surface area contributed by atoms with Crippen molar-refractivity contribution in [3.8, 4) is 0 Å². The third kappa shape index (κ3) is 45.6. The van der Waals surface area contributed by atoms with Gasteiger partial charge in [0, 0.05) is 6.42 Å². The van der Waals surface area contributed by atoms with Gasteiger partial charge in [-0.2, -0.15) is 0 Å². The molecule has 0 saturated heterocycles. The van der Waals surface area contributed by atoms with E-state index in [2.05, 4.69) is 141 Å². The molecule has 3 N–H and O–H groups in total. The predicted molar refractivity (Wildman–Crippen MR) is 266 cm³/mol. The summed E-state index contributed by atoms with van der Waals surface area (Å²) < 4.78 is 0. The summed E-state index contributed by atoms with van der Waals surface area (Å²) in [5.41, 5.74) is 0. The van der Waals surface area contributed by atoms with E-state index in [1.54, 1.807) is 6.08 Å². The molecule has 4 heteroatoms. The van der Waals surface area contributed by atoms with Gasteiger partial charge >= 0.3 is 0 Å². The fourth-order valence-corrected chi connectivity index (χ4v) is 6.44. The Balaban J connectivity index is 3.68. The van der Waals surface area contributed by atoms with E-state index in [4.69, 9.17) is 0 Å². The summed E-state index contributed by atoms with van der Waals surface area (Å²) in [5.74, 6) is -0.0868. The molecule has 0 aliphatic carbocycles. The van der Waals surface area contributed by atoms with E-state index >= 15 is 0 Å². The highest BCUT2D eigenvalue weighted by Gasteiger charge is 2.17. The predicted octanol–water partition coefficient (Wildman–Crippen LogP) is 15.9. The third-order valence-corrected chi connectivity index (χ3v) is 10.1. The standard InChI is InChI=1S/C56H91NO3/c1-3-5-7-9-11-13-15-16-17-18-19-20-21-22-23-24-25-26-27-28-29-30-31-32-33-34-35-36-37-38-39-40-42-44-46-48-50-52-56(60)57-54(53-58)55(59)51-49-47-45-43-41-14-12-10-8-6-4-2/h5,7,11,13,16-17,19-20,22-23,25-26,28-29,31-32,34-35,37-38,49,51,54-55,58-59H,3-4,6,8-10,12,14-15,18,21,24,27,30,33,36,39-48,50,52-53H2,1-2H3,(H,57,60)/b7-5-,13-11-,17-16-,20-19-,23-22-,26-25-,29-28-,32-31-,35-34-,38-37-,51-49+. The first-order chi connectivity index (χ1) is 29.7. The van der Waals surface area contributed by atoms with Gasteiger partial charge in [-0.25, -0.2) is 0 Å². The zero-order valence-electron chi connectivity index (χ0n) is 38.7. The van der Waals surface area contributed by atoms with E-state index in [-0.39, 0.29) is 12.5 Å². The van der Waals surface area contributed by atoms with Crippen molar-refractivity contribution >= 4 is 5.91 Å². The minimum Gasteiger partial charge on any atom is -0.394 e. The quantitative estimate of drug-likeness (QED) is 0.0424. The number of aliphatic hydroxyl groups excluding tert-OH is 2. The molecule has 4 nitrogen and oxygen atoms in total. The molecule has 2 unspecified atom stereocenters. The van der Waals surface area contributed by atoms with E-state index in [1.807, 2.05) is 6.08 Å². The van der Waals surface area contributed by atoms with Crippen LogP contribution in [-0.2, 0) is 4.79 Å². The van der Waals surface area contributed by atoms with Crippen molar-refractivity contribution in [1.29, 1.82) is 0 Å². The molecule has 0 fully saturated rings. The van der Waals surface area contributed by atoms with Crippen molar-refractivity contribution in [2.75, 3.05) is 6.61 Å². The Labute approximate surface area is 371 Å². The van der Waals surface area contributed by atoms with Gasteiger partial charge in [-0.1, -0.05) is 225 Å². The highest BCUT2D eigenvalue weighted by molar-refractivity contribution is 5.76. The zero-order valence-corrected chi connectivity index (χ0v) is 38.7. The summed E-state index contributed by atoms with van der Waals surface area (Å²) in [6.45, 7) is 4.15. The van der Waals surface area contributed by atoms with Crippen LogP contribution >= 0.6 is 0 Å². The van der Waals surface area contributed by atoms with Gasteiger partial charge in [0.2, 0.25) is 5.91 Å². The molecular formula is C56H91NO3. The largest absolute Gasteiger partial charge is 0.394 e. The third-order valence-electron chi connectivity index (χ3n) is 10.1. The van der Waals surface area contributed by atoms with Crippen molar-refractivity contribution in [1.82, 2.24) is 5.32 Å². The maximum atomic E-state index is 12.4. The number of nitrogens with one attached hydrogen (secondary N) is 1. The monoisotopic (exact) mass is 826 g/mol. The van der Waals surface area contributed by atoms with Gasteiger partial charge in [0.1, 0.15) is 0 Å². The van der Waals surface area contributed by atoms with Crippen molar-refractivity contribution in [2.24, 2.45) is 0 Å². The van der Waals surface area contributed by atoms with E-state index in [1.165, 1.54) is 70.6 Å². The Bertz CT molecular complexity index is 1260. The van der Waals surface area contributed by atoms with Crippen LogP contribution in [0.5, 0.6) is 0 Å². The Kier molecular flexibility index (Phi) is 47.0. The number of carbonyl (C=O) groups is 1. The smallest absolute Gasteiger partial charge is 0.220 e. The molecule has 0 aromatic carbocycles. The average molecular weight is 826 g/mol. The number of unbranched alkanes of at least 4 members (excludes halogenated alkanes) is 15. The van der Waals surface area contributed by atoms with Gasteiger partial charge < -0.3 is 15.5 Å². The highest BCUT2D eigenvalue weighted by Crippen LogP contribution is 2.12. The molecule has 60 heavy (non-hydrogen) atoms. The van der Waals surface area contributed by atoms with Crippen LogP contribution in [0.2, 0.25) is 0 Å². The topological polar surface area (TPSA) is 69.6 Å². The maximum Gasteiger partial charge on any atom is 0.220 e. The fraction of sp³-hybridized carbons (Fsp3) is 0.589. The van der Waals surface area contributed by atoms with Crippen molar-refractivity contribution < 1.29 is 15.0 Å². The van der Waals surface area contributed by atoms with Crippen molar-refractivity contribution in [3.63, 3.8) is 0 Å². The van der Waals surface area contributed by atoms with Crippen LogP contribution in [0.15, 0.2) is 134 Å². The fourth-order valence-electron chi connectivity index (χ4n) is 6.44. The summed E-state index contributed by atoms with van der Waals surface area (Å²) in [5, 5.41) is 22.9. The van der Waals surface area contributed by atoms with Crippen LogP contribution in [-0.4, -0.2) is 34.9 Å². The molecule has 0 aromatic heterocycles. The molecule has 0 saturated carbocycles. The van der Waals surface area contributed by atoms with Crippen LogP contribution in [0.4, 0.5) is 0 Å². The molecule has 0 heterocycles. The maximum absolute atomic E-state index is 12.4. The van der Waals surface area contributed by atoms with Gasteiger partial charge in [0.15, 0.2) is 0 Å². The summed E-state index contributed by atoms with van der Waals surface area (Å²) in [7, 11) is 0. The number of rotatable bonds is 42. The number of carbonyl (C=O) groups excluding carboxylic acids is 1. The molecule has 338 valence electrons. The number of allylic oxidation sites excluding steroid dienone is 21. The number of aliphatic hydroxyl groups is 2. The van der Waals surface area contributed by atoms with Gasteiger partial charge in [0.05, 0.1) is 18.8 Å². The SMILES string of the molecule is CC/C=C\C/C=C\C/C=C\C/C=C\C/C=C\C/C=C\C/C=C\C/C=C\C/C=C\C/C=C\CCCCCCCCC(=O)NC(CO)C(O)/C=C/CCCCCCCCCCC. The Hall–Kier alpha value is -3.47. The first kappa shape index (κ1) is 56.5. The molecule has 0 aliphatic heterocycles. The van der Waals surface area contributed by atoms with Crippen LogP contribution in [0.3, 0.4) is 0 Å². The van der Waals surface area contributed by atoms with Crippen LogP contribution < -0.4 is 5.32 Å². The Morgan fingerprint density at radius 2 is 0.733 bits per heavy atom.